The third-order valence-corrected chi connectivity index (χ3v) is 7.18. The van der Waals surface area contributed by atoms with E-state index >= 15 is 0 Å². The smallest absolute Gasteiger partial charge is 0.307 e. The minimum Gasteiger partial charge on any atom is -0.307 e. The molecule has 0 bridgehead atoms. The van der Waals surface area contributed by atoms with E-state index in [-0.39, 0.29) is 17.3 Å². The molecule has 0 amide bonds. The van der Waals surface area contributed by atoms with Crippen molar-refractivity contribution < 1.29 is 39.0 Å². The molecule has 0 aliphatic carbocycles. The van der Waals surface area contributed by atoms with Gasteiger partial charge in [0, 0.05) is 19.4 Å². The molecule has 0 aromatic carbocycles. The van der Waals surface area contributed by atoms with Gasteiger partial charge in [-0.3, -0.25) is 9.97 Å². The van der Waals surface area contributed by atoms with Gasteiger partial charge in [-0.15, -0.1) is 10.2 Å². The summed E-state index contributed by atoms with van der Waals surface area (Å²) in [4.78, 5) is 5.97. The number of pyridine rings is 2. The van der Waals surface area contributed by atoms with Crippen LogP contribution in [0.4, 0.5) is 26.3 Å². The van der Waals surface area contributed by atoms with Crippen LogP contribution in [0.25, 0.3) is 23.0 Å². The predicted molar refractivity (Wildman–Crippen MR) is 103 cm³/mol. The van der Waals surface area contributed by atoms with Crippen molar-refractivity contribution in [2.75, 3.05) is 5.75 Å². The van der Waals surface area contributed by atoms with Gasteiger partial charge in [0.25, 0.3) is 0 Å². The summed E-state index contributed by atoms with van der Waals surface area (Å²) in [6.45, 7) is 1.24. The summed E-state index contributed by atoms with van der Waals surface area (Å²) in [5.74, 6) is -0.967. The number of sulfone groups is 1. The second-order valence-corrected chi connectivity index (χ2v) is 10.2. The van der Waals surface area contributed by atoms with E-state index in [0.717, 1.165) is 16.8 Å². The molecule has 33 heavy (non-hydrogen) atoms. The van der Waals surface area contributed by atoms with Gasteiger partial charge in [0.15, 0.2) is 32.3 Å². The highest BCUT2D eigenvalue weighted by molar-refractivity contribution is 7.91. The molecule has 1 atom stereocenters. The number of nitrogens with zero attached hydrogens (tertiary/aromatic N) is 5. The largest absolute Gasteiger partial charge is 0.475 e. The molecule has 0 aliphatic heterocycles. The SMILES string of the molecule is CCS(=O)(=O)c1cc(S(=O)C(F)(F)F)cnc1-c1nnc(-c2cc(C(F)(F)F)ccn2)n1C. The Hall–Kier alpha value is -2.88. The Bertz CT molecular complexity index is 1340. The van der Waals surface area contributed by atoms with Crippen molar-refractivity contribution in [1.29, 1.82) is 0 Å². The lowest BCUT2D eigenvalue weighted by molar-refractivity contribution is -0.137. The first-order chi connectivity index (χ1) is 15.2. The topological polar surface area (TPSA) is 108 Å². The highest BCUT2D eigenvalue weighted by Gasteiger charge is 2.39. The van der Waals surface area contributed by atoms with Crippen molar-refractivity contribution in [3.63, 3.8) is 0 Å². The molecule has 3 rings (SSSR count). The highest BCUT2D eigenvalue weighted by atomic mass is 32.2. The summed E-state index contributed by atoms with van der Waals surface area (Å²) >= 11 is 0. The molecule has 8 nitrogen and oxygen atoms in total. The standard InChI is InChI=1S/C17H13F6N5O3S2/c1-3-33(30,31)12-7-10(32(29)17(21,22)23)8-25-13(12)15-27-26-14(28(15)2)11-6-9(4-5-24-11)16(18,19)20/h4-8H,3H2,1-2H3. The quantitative estimate of drug-likeness (QED) is 0.482. The Labute approximate surface area is 185 Å². The fourth-order valence-corrected chi connectivity index (χ4v) is 4.48. The van der Waals surface area contributed by atoms with Crippen LogP contribution in [0.5, 0.6) is 0 Å². The summed E-state index contributed by atoms with van der Waals surface area (Å²) in [7, 11) is -6.44. The molecule has 16 heteroatoms. The van der Waals surface area contributed by atoms with Gasteiger partial charge in [-0.1, -0.05) is 6.92 Å². The molecule has 0 aliphatic rings. The van der Waals surface area contributed by atoms with Crippen LogP contribution in [0, 0.1) is 0 Å². The van der Waals surface area contributed by atoms with Crippen LogP contribution in [0.2, 0.25) is 0 Å². The lowest BCUT2D eigenvalue weighted by Gasteiger charge is -2.12. The Morgan fingerprint density at radius 1 is 1.03 bits per heavy atom. The number of hydrogen-bond acceptors (Lipinski definition) is 7. The summed E-state index contributed by atoms with van der Waals surface area (Å²) < 4.78 is 115. The lowest BCUT2D eigenvalue weighted by Crippen LogP contribution is -2.18. The van der Waals surface area contributed by atoms with Gasteiger partial charge in [-0.25, -0.2) is 12.6 Å². The normalized spacial score (nSPS) is 13.8. The van der Waals surface area contributed by atoms with E-state index in [1.54, 1.807) is 0 Å². The Morgan fingerprint density at radius 3 is 2.24 bits per heavy atom. The second-order valence-electron chi connectivity index (χ2n) is 6.47. The average Bonchev–Trinajstić information content (AvgIpc) is 3.12. The third-order valence-electron chi connectivity index (χ3n) is 4.37. The van der Waals surface area contributed by atoms with Crippen LogP contribution in [0.3, 0.4) is 0 Å². The van der Waals surface area contributed by atoms with Gasteiger partial charge in [-0.05, 0) is 18.2 Å². The van der Waals surface area contributed by atoms with Crippen molar-refractivity contribution in [2.45, 2.75) is 28.4 Å². The van der Waals surface area contributed by atoms with E-state index in [1.807, 2.05) is 0 Å². The summed E-state index contributed by atoms with van der Waals surface area (Å²) in [5.41, 5.74) is -6.80. The first-order valence-corrected chi connectivity index (χ1v) is 11.6. The highest BCUT2D eigenvalue weighted by Crippen LogP contribution is 2.33. The average molecular weight is 513 g/mol. The molecule has 0 spiro atoms. The molecular formula is C17H13F6N5O3S2. The van der Waals surface area contributed by atoms with Crippen LogP contribution < -0.4 is 0 Å². The van der Waals surface area contributed by atoms with Gasteiger partial charge in [0.05, 0.1) is 21.1 Å². The van der Waals surface area contributed by atoms with E-state index in [0.29, 0.717) is 18.3 Å². The third kappa shape index (κ3) is 4.90. The van der Waals surface area contributed by atoms with Gasteiger partial charge in [0.2, 0.25) is 0 Å². The maximum absolute atomic E-state index is 13.0. The molecule has 3 heterocycles. The van der Waals surface area contributed by atoms with Gasteiger partial charge >= 0.3 is 11.7 Å². The molecular weight excluding hydrogens is 500 g/mol. The zero-order chi connectivity index (χ0) is 24.8. The lowest BCUT2D eigenvalue weighted by atomic mass is 10.2. The Kier molecular flexibility index (Phi) is 6.36. The second kappa shape index (κ2) is 8.48. The maximum Gasteiger partial charge on any atom is 0.475 e. The monoisotopic (exact) mass is 513 g/mol. The van der Waals surface area contributed by atoms with Crippen molar-refractivity contribution >= 4 is 20.6 Å². The molecule has 3 aromatic rings. The zero-order valence-corrected chi connectivity index (χ0v) is 18.3. The molecule has 3 aromatic heterocycles. The fourth-order valence-electron chi connectivity index (χ4n) is 2.71. The zero-order valence-electron chi connectivity index (χ0n) is 16.6. The van der Waals surface area contributed by atoms with Crippen LogP contribution in [-0.4, -0.2) is 48.6 Å². The van der Waals surface area contributed by atoms with Gasteiger partial charge in [-0.2, -0.15) is 26.3 Å². The molecule has 0 fully saturated rings. The van der Waals surface area contributed by atoms with E-state index < -0.39 is 59.1 Å². The molecule has 0 saturated carbocycles. The van der Waals surface area contributed by atoms with Crippen LogP contribution in [0.15, 0.2) is 40.4 Å². The number of hydrogen-bond donors (Lipinski definition) is 0. The molecule has 0 N–H and O–H groups in total. The van der Waals surface area contributed by atoms with E-state index in [2.05, 4.69) is 20.2 Å². The number of aromatic nitrogens is 5. The molecule has 1 unspecified atom stereocenters. The molecule has 178 valence electrons. The molecule has 0 radical (unpaired) electrons. The van der Waals surface area contributed by atoms with E-state index in [4.69, 9.17) is 0 Å². The maximum atomic E-state index is 13.0. The summed E-state index contributed by atoms with van der Waals surface area (Å²) in [6.07, 6.45) is -3.17. The predicted octanol–water partition coefficient (Wildman–Crippen LogP) is 3.38. The first kappa shape index (κ1) is 24.8. The van der Waals surface area contributed by atoms with Crippen molar-refractivity contribution in [1.82, 2.24) is 24.7 Å². The van der Waals surface area contributed by atoms with Gasteiger partial charge in [0.1, 0.15) is 11.4 Å². The van der Waals surface area contributed by atoms with Crippen molar-refractivity contribution in [3.8, 4) is 23.0 Å². The Morgan fingerprint density at radius 2 is 1.67 bits per heavy atom. The summed E-state index contributed by atoms with van der Waals surface area (Å²) in [6, 6.07) is 2.04. The van der Waals surface area contributed by atoms with Crippen LogP contribution in [0.1, 0.15) is 12.5 Å². The van der Waals surface area contributed by atoms with Crippen molar-refractivity contribution in [2.24, 2.45) is 7.05 Å². The minimum absolute atomic E-state index is 0.180. The van der Waals surface area contributed by atoms with Gasteiger partial charge < -0.3 is 4.57 Å². The number of rotatable bonds is 5. The molecule has 0 saturated heterocycles. The van der Waals surface area contributed by atoms with E-state index in [1.165, 1.54) is 14.0 Å². The summed E-state index contributed by atoms with van der Waals surface area (Å²) in [5, 5.41) is 7.49. The van der Waals surface area contributed by atoms with Crippen molar-refractivity contribution in [3.05, 3.63) is 36.2 Å². The number of halogens is 6. The number of alkyl halides is 6. The van der Waals surface area contributed by atoms with E-state index in [9.17, 15) is 39.0 Å². The minimum atomic E-state index is -5.15. The first-order valence-electron chi connectivity index (χ1n) is 8.81. The van der Waals surface area contributed by atoms with Crippen LogP contribution >= 0.6 is 0 Å². The fraction of sp³-hybridized carbons (Fsp3) is 0.294. The van der Waals surface area contributed by atoms with Crippen LogP contribution in [-0.2, 0) is 33.9 Å². The Balaban J connectivity index is 2.19.